The maximum Gasteiger partial charge on any atom is 0.332 e. The number of fused-ring (bicyclic) bond motifs is 1. The predicted molar refractivity (Wildman–Crippen MR) is 139 cm³/mol. The minimum absolute atomic E-state index is 0.0758. The molecule has 0 aliphatic heterocycles. The summed E-state index contributed by atoms with van der Waals surface area (Å²) in [5, 5.41) is 0. The number of likely N-dealkylation sites (N-methyl/N-ethyl adjacent to an activating group) is 1. The van der Waals surface area contributed by atoms with Crippen LogP contribution in [0.2, 0.25) is 0 Å². The molecule has 36 heavy (non-hydrogen) atoms. The Morgan fingerprint density at radius 3 is 2.31 bits per heavy atom. The first-order valence-electron chi connectivity index (χ1n) is 12.2. The van der Waals surface area contributed by atoms with Crippen LogP contribution < -0.4 is 16.0 Å². The van der Waals surface area contributed by atoms with Gasteiger partial charge in [-0.15, -0.1) is 0 Å². The highest BCUT2D eigenvalue weighted by atomic mass is 16.5. The molecule has 9 heteroatoms. The SMILES string of the molecule is CCCn1c(=O)c2[nH]c(-c3ccc(OCC(=O)N(C)Cc4ccccc4)cc3)nc2n(CCC)c1=O. The number of hydrogen-bond donors (Lipinski definition) is 1. The molecule has 0 saturated heterocycles. The largest absolute Gasteiger partial charge is 0.484 e. The molecule has 2 aromatic heterocycles. The Labute approximate surface area is 209 Å². The number of carbonyl (C=O) groups is 1. The van der Waals surface area contributed by atoms with E-state index in [9.17, 15) is 14.4 Å². The first kappa shape index (κ1) is 25.0. The Morgan fingerprint density at radius 1 is 0.972 bits per heavy atom. The first-order chi connectivity index (χ1) is 17.4. The Balaban J connectivity index is 1.50. The smallest absolute Gasteiger partial charge is 0.332 e. The molecule has 0 bridgehead atoms. The quantitative estimate of drug-likeness (QED) is 0.368. The molecule has 0 radical (unpaired) electrons. The number of aromatic amines is 1. The number of hydrogen-bond acceptors (Lipinski definition) is 5. The number of H-pyrrole nitrogens is 1. The summed E-state index contributed by atoms with van der Waals surface area (Å²) in [4.78, 5) is 47.6. The maximum atomic E-state index is 12.9. The van der Waals surface area contributed by atoms with Crippen molar-refractivity contribution in [1.82, 2.24) is 24.0 Å². The molecule has 0 atom stereocenters. The van der Waals surface area contributed by atoms with Crippen molar-refractivity contribution in [3.05, 3.63) is 81.0 Å². The molecule has 188 valence electrons. The zero-order valence-electron chi connectivity index (χ0n) is 20.9. The summed E-state index contributed by atoms with van der Waals surface area (Å²) in [5.41, 5.74) is 1.78. The lowest BCUT2D eigenvalue weighted by molar-refractivity contribution is -0.132. The predicted octanol–water partition coefficient (Wildman–Crippen LogP) is 3.41. The van der Waals surface area contributed by atoms with Gasteiger partial charge >= 0.3 is 5.69 Å². The number of benzene rings is 2. The van der Waals surface area contributed by atoms with Gasteiger partial charge in [0.1, 0.15) is 17.1 Å². The van der Waals surface area contributed by atoms with Crippen LogP contribution in [0.5, 0.6) is 5.75 Å². The van der Waals surface area contributed by atoms with Gasteiger partial charge in [0.15, 0.2) is 12.3 Å². The lowest BCUT2D eigenvalue weighted by atomic mass is 10.2. The van der Waals surface area contributed by atoms with Gasteiger partial charge < -0.3 is 14.6 Å². The van der Waals surface area contributed by atoms with Crippen molar-refractivity contribution in [3.8, 4) is 17.1 Å². The molecule has 9 nitrogen and oxygen atoms in total. The van der Waals surface area contributed by atoms with Crippen molar-refractivity contribution in [2.45, 2.75) is 46.3 Å². The van der Waals surface area contributed by atoms with Crippen LogP contribution in [-0.4, -0.2) is 43.6 Å². The van der Waals surface area contributed by atoms with Gasteiger partial charge in [-0.1, -0.05) is 44.2 Å². The van der Waals surface area contributed by atoms with E-state index in [2.05, 4.69) is 9.97 Å². The molecule has 4 rings (SSSR count). The molecule has 0 spiro atoms. The zero-order chi connectivity index (χ0) is 25.7. The summed E-state index contributed by atoms with van der Waals surface area (Å²) in [6, 6.07) is 16.9. The summed E-state index contributed by atoms with van der Waals surface area (Å²) in [6.45, 7) is 5.17. The number of nitrogens with zero attached hydrogens (tertiary/aromatic N) is 4. The Kier molecular flexibility index (Phi) is 7.68. The summed E-state index contributed by atoms with van der Waals surface area (Å²) in [6.07, 6.45) is 1.42. The lowest BCUT2D eigenvalue weighted by Crippen LogP contribution is -2.40. The molecule has 0 saturated carbocycles. The number of imidazole rings is 1. The van der Waals surface area contributed by atoms with Crippen LogP contribution in [0.15, 0.2) is 64.2 Å². The molecule has 0 fully saturated rings. The third kappa shape index (κ3) is 5.25. The second-order valence-corrected chi connectivity index (χ2v) is 8.72. The number of amides is 1. The number of aromatic nitrogens is 4. The zero-order valence-corrected chi connectivity index (χ0v) is 20.9. The standard InChI is InChI=1S/C27H31N5O4/c1-4-15-31-25-23(26(34)32(16-5-2)27(31)35)28-24(29-25)20-11-13-21(14-12-20)36-18-22(33)30(3)17-19-9-7-6-8-10-19/h6-14H,4-5,15-18H2,1-3H3,(H,28,29). The molecule has 0 aliphatic rings. The van der Waals surface area contributed by atoms with Crippen LogP contribution in [0.4, 0.5) is 0 Å². The summed E-state index contributed by atoms with van der Waals surface area (Å²) in [5.74, 6) is 0.910. The highest BCUT2D eigenvalue weighted by Gasteiger charge is 2.17. The Morgan fingerprint density at radius 2 is 1.64 bits per heavy atom. The molecule has 4 aromatic rings. The molecule has 1 N–H and O–H groups in total. The molecular formula is C27H31N5O4. The van der Waals surface area contributed by atoms with Crippen LogP contribution in [0.3, 0.4) is 0 Å². The van der Waals surface area contributed by atoms with Crippen LogP contribution in [0.1, 0.15) is 32.3 Å². The fourth-order valence-electron chi connectivity index (χ4n) is 4.06. The van der Waals surface area contributed by atoms with Crippen molar-refractivity contribution in [2.24, 2.45) is 0 Å². The summed E-state index contributed by atoms with van der Waals surface area (Å²) < 4.78 is 8.51. The number of nitrogens with one attached hydrogen (secondary N) is 1. The second kappa shape index (κ2) is 11.1. The third-order valence-corrected chi connectivity index (χ3v) is 5.93. The van der Waals surface area contributed by atoms with E-state index in [0.717, 1.165) is 17.5 Å². The lowest BCUT2D eigenvalue weighted by Gasteiger charge is -2.17. The van der Waals surface area contributed by atoms with Crippen LogP contribution >= 0.6 is 0 Å². The fraction of sp³-hybridized carbons (Fsp3) is 0.333. The van der Waals surface area contributed by atoms with Gasteiger partial charge in [0.2, 0.25) is 0 Å². The monoisotopic (exact) mass is 489 g/mol. The van der Waals surface area contributed by atoms with E-state index in [1.165, 1.54) is 4.57 Å². The third-order valence-electron chi connectivity index (χ3n) is 5.93. The van der Waals surface area contributed by atoms with Crippen LogP contribution in [-0.2, 0) is 24.4 Å². The minimum Gasteiger partial charge on any atom is -0.484 e. The van der Waals surface area contributed by atoms with E-state index < -0.39 is 0 Å². The van der Waals surface area contributed by atoms with Gasteiger partial charge in [-0.25, -0.2) is 9.78 Å². The number of ether oxygens (including phenoxy) is 1. The molecule has 1 amide bonds. The van der Waals surface area contributed by atoms with Crippen LogP contribution in [0, 0.1) is 0 Å². The van der Waals surface area contributed by atoms with E-state index in [4.69, 9.17) is 4.74 Å². The summed E-state index contributed by atoms with van der Waals surface area (Å²) in [7, 11) is 1.75. The van der Waals surface area contributed by atoms with Crippen molar-refractivity contribution < 1.29 is 9.53 Å². The normalized spacial score (nSPS) is 11.1. The molecule has 2 heterocycles. The highest BCUT2D eigenvalue weighted by molar-refractivity contribution is 5.78. The molecular weight excluding hydrogens is 458 g/mol. The summed E-state index contributed by atoms with van der Waals surface area (Å²) >= 11 is 0. The highest BCUT2D eigenvalue weighted by Crippen LogP contribution is 2.22. The molecule has 0 unspecified atom stereocenters. The van der Waals surface area contributed by atoms with Crippen molar-refractivity contribution in [1.29, 1.82) is 0 Å². The van der Waals surface area contributed by atoms with Gasteiger partial charge in [0, 0.05) is 32.2 Å². The minimum atomic E-state index is -0.360. The average Bonchev–Trinajstić information content (AvgIpc) is 3.34. The molecule has 2 aromatic carbocycles. The van der Waals surface area contributed by atoms with E-state index in [1.54, 1.807) is 40.8 Å². The number of carbonyl (C=O) groups excluding carboxylic acids is 1. The van der Waals surface area contributed by atoms with Gasteiger partial charge in [0.05, 0.1) is 0 Å². The topological polar surface area (TPSA) is 102 Å². The van der Waals surface area contributed by atoms with Crippen molar-refractivity contribution in [2.75, 3.05) is 13.7 Å². The number of rotatable bonds is 10. The van der Waals surface area contributed by atoms with Crippen molar-refractivity contribution >= 4 is 17.1 Å². The number of aryl methyl sites for hydroxylation is 1. The van der Waals surface area contributed by atoms with Gasteiger partial charge in [0.25, 0.3) is 11.5 Å². The average molecular weight is 490 g/mol. The van der Waals surface area contributed by atoms with E-state index >= 15 is 0 Å². The van der Waals surface area contributed by atoms with E-state index in [-0.39, 0.29) is 23.8 Å². The fourth-order valence-corrected chi connectivity index (χ4v) is 4.06. The van der Waals surface area contributed by atoms with Gasteiger partial charge in [-0.05, 0) is 42.7 Å². The van der Waals surface area contributed by atoms with Crippen molar-refractivity contribution in [3.63, 3.8) is 0 Å². The van der Waals surface area contributed by atoms with Crippen LogP contribution in [0.25, 0.3) is 22.6 Å². The second-order valence-electron chi connectivity index (χ2n) is 8.72. The van der Waals surface area contributed by atoms with E-state index in [1.807, 2.05) is 44.2 Å². The van der Waals surface area contributed by atoms with E-state index in [0.29, 0.717) is 48.8 Å². The first-order valence-corrected chi connectivity index (χ1v) is 12.2. The van der Waals surface area contributed by atoms with Gasteiger partial charge in [-0.2, -0.15) is 0 Å². The van der Waals surface area contributed by atoms with Gasteiger partial charge in [-0.3, -0.25) is 18.7 Å². The molecule has 0 aliphatic carbocycles. The Hall–Kier alpha value is -4.14. The Bertz CT molecular complexity index is 1450. The maximum absolute atomic E-state index is 12.9.